The summed E-state index contributed by atoms with van der Waals surface area (Å²) in [6.45, 7) is 6.54. The van der Waals surface area contributed by atoms with Crippen molar-refractivity contribution in [1.29, 1.82) is 0 Å². The van der Waals surface area contributed by atoms with Gasteiger partial charge in [0.15, 0.2) is 0 Å². The van der Waals surface area contributed by atoms with Crippen LogP contribution in [0.5, 0.6) is 5.75 Å². The fourth-order valence-electron chi connectivity index (χ4n) is 4.47. The van der Waals surface area contributed by atoms with E-state index in [9.17, 15) is 24.8 Å². The molecule has 0 bridgehead atoms. The lowest BCUT2D eigenvalue weighted by Crippen LogP contribution is -2.32. The fourth-order valence-corrected chi connectivity index (χ4v) is 4.47. The van der Waals surface area contributed by atoms with Crippen molar-refractivity contribution in [2.75, 3.05) is 26.4 Å². The number of aliphatic hydroxyl groups is 1. The summed E-state index contributed by atoms with van der Waals surface area (Å²) in [6, 6.07) is 13.1. The van der Waals surface area contributed by atoms with Crippen molar-refractivity contribution in [3.8, 4) is 5.75 Å². The molecule has 0 fully saturated rings. The Labute approximate surface area is 232 Å². The molecule has 0 radical (unpaired) electrons. The summed E-state index contributed by atoms with van der Waals surface area (Å²) in [5, 5.41) is 36.4. The number of carbonyl (C=O) groups excluding carboxylic acids is 1. The van der Waals surface area contributed by atoms with Gasteiger partial charge in [-0.15, -0.1) is 0 Å². The second-order valence-electron chi connectivity index (χ2n) is 9.56. The topological polar surface area (TPSA) is 160 Å². The van der Waals surface area contributed by atoms with E-state index in [1.54, 1.807) is 19.9 Å². The van der Waals surface area contributed by atoms with Crippen molar-refractivity contribution in [2.24, 2.45) is 0 Å². The highest BCUT2D eigenvalue weighted by Gasteiger charge is 2.37. The van der Waals surface area contributed by atoms with E-state index < -0.39 is 22.8 Å². The van der Waals surface area contributed by atoms with Crippen LogP contribution in [0.3, 0.4) is 0 Å². The lowest BCUT2D eigenvalue weighted by Gasteiger charge is -2.29. The lowest BCUT2D eigenvalue weighted by atomic mass is 9.80. The van der Waals surface area contributed by atoms with E-state index in [2.05, 4.69) is 10.6 Å². The van der Waals surface area contributed by atoms with Crippen molar-refractivity contribution < 1.29 is 34.2 Å². The zero-order valence-electron chi connectivity index (χ0n) is 22.8. The van der Waals surface area contributed by atoms with Gasteiger partial charge in [-0.3, -0.25) is 10.1 Å². The van der Waals surface area contributed by atoms with Crippen molar-refractivity contribution in [3.05, 3.63) is 92.3 Å². The molecule has 4 N–H and O–H groups in total. The van der Waals surface area contributed by atoms with Crippen LogP contribution in [0.15, 0.2) is 71.1 Å². The van der Waals surface area contributed by atoms with Gasteiger partial charge in [-0.05, 0) is 57.0 Å². The highest BCUT2D eigenvalue weighted by Crippen LogP contribution is 2.39. The summed E-state index contributed by atoms with van der Waals surface area (Å²) >= 11 is 0. The number of esters is 1. The molecule has 0 aliphatic carbocycles. The summed E-state index contributed by atoms with van der Waals surface area (Å²) in [5.74, 6) is -2.26. The number of non-ortho nitro benzene ring substituents is 1. The number of aliphatic carboxylic acids is 1. The maximum absolute atomic E-state index is 13.3. The summed E-state index contributed by atoms with van der Waals surface area (Å²) in [5.41, 5.74) is 1.81. The fraction of sp³-hybridized carbons (Fsp3) is 0.379. The lowest BCUT2D eigenvalue weighted by molar-refractivity contribution is -0.384. The van der Waals surface area contributed by atoms with Gasteiger partial charge in [0.2, 0.25) is 0 Å². The number of dihydropyridines is 1. The Bertz CT molecular complexity index is 1290. The van der Waals surface area contributed by atoms with Crippen LogP contribution in [-0.4, -0.2) is 59.5 Å². The number of nitrogens with zero attached hydrogens (tertiary/aromatic N) is 1. The highest BCUT2D eigenvalue weighted by molar-refractivity contribution is 5.99. The number of nitrogens with one attached hydrogen (secondary N) is 2. The number of nitro groups is 1. The number of allylic oxidation sites excluding steroid dienone is 2. The Morgan fingerprint density at radius 1 is 1.10 bits per heavy atom. The van der Waals surface area contributed by atoms with Crippen LogP contribution in [0.2, 0.25) is 0 Å². The van der Waals surface area contributed by atoms with Crippen LogP contribution >= 0.6 is 0 Å². The molecule has 1 heterocycles. The normalized spacial score (nSPS) is 15.8. The van der Waals surface area contributed by atoms with Gasteiger partial charge in [0.05, 0.1) is 41.8 Å². The van der Waals surface area contributed by atoms with Crippen molar-refractivity contribution >= 4 is 17.6 Å². The Hall–Kier alpha value is -4.22. The monoisotopic (exact) mass is 553 g/mol. The molecule has 0 amide bonds. The van der Waals surface area contributed by atoms with Crippen LogP contribution in [0.4, 0.5) is 5.69 Å². The minimum Gasteiger partial charge on any atom is -0.494 e. The number of rotatable bonds is 14. The Kier molecular flexibility index (Phi) is 10.8. The first kappa shape index (κ1) is 30.3. The highest BCUT2D eigenvalue weighted by atomic mass is 16.6. The quantitative estimate of drug-likeness (QED) is 0.118. The van der Waals surface area contributed by atoms with E-state index >= 15 is 0 Å². The Morgan fingerprint density at radius 2 is 1.80 bits per heavy atom. The minimum atomic E-state index is -1.24. The standard InChI is InChI=1S/C29H35N3O8/c1-18(17-33)30-13-5-14-39-24-10-8-21(9-11-24)12-15-40-29(36)26-20(3)31-19(2)25(28(34)35)27(26)22-6-4-7-23(16-22)32(37)38/h4,6-11,16,18,27,30-31,33H,5,12-15,17H2,1-3H3,(H,34,35). The molecule has 2 atom stereocenters. The van der Waals surface area contributed by atoms with E-state index in [-0.39, 0.29) is 36.1 Å². The first-order valence-corrected chi connectivity index (χ1v) is 13.0. The van der Waals surface area contributed by atoms with Crippen LogP contribution < -0.4 is 15.4 Å². The first-order valence-electron chi connectivity index (χ1n) is 13.0. The van der Waals surface area contributed by atoms with Gasteiger partial charge in [0, 0.05) is 36.0 Å². The molecule has 40 heavy (non-hydrogen) atoms. The number of hydrogen-bond acceptors (Lipinski definition) is 9. The molecular weight excluding hydrogens is 518 g/mol. The van der Waals surface area contributed by atoms with Crippen LogP contribution in [0.1, 0.15) is 44.2 Å². The van der Waals surface area contributed by atoms with Gasteiger partial charge in [-0.2, -0.15) is 0 Å². The number of carbonyl (C=O) groups is 2. The number of carboxylic acids is 1. The molecule has 2 unspecified atom stereocenters. The van der Waals surface area contributed by atoms with Gasteiger partial charge in [-0.25, -0.2) is 9.59 Å². The summed E-state index contributed by atoms with van der Waals surface area (Å²) in [4.78, 5) is 36.2. The van der Waals surface area contributed by atoms with Crippen molar-refractivity contribution in [1.82, 2.24) is 10.6 Å². The van der Waals surface area contributed by atoms with Crippen LogP contribution in [0.25, 0.3) is 0 Å². The molecule has 0 spiro atoms. The van der Waals surface area contributed by atoms with E-state index in [1.807, 2.05) is 31.2 Å². The number of nitro benzene ring substituents is 1. The molecule has 0 saturated carbocycles. The molecule has 11 heteroatoms. The van der Waals surface area contributed by atoms with E-state index in [0.717, 1.165) is 18.5 Å². The predicted octanol–water partition coefficient (Wildman–Crippen LogP) is 3.44. The summed E-state index contributed by atoms with van der Waals surface area (Å²) in [7, 11) is 0. The average Bonchev–Trinajstić information content (AvgIpc) is 2.92. The van der Waals surface area contributed by atoms with Crippen molar-refractivity contribution in [3.63, 3.8) is 0 Å². The maximum Gasteiger partial charge on any atom is 0.336 e. The second kappa shape index (κ2) is 14.2. The second-order valence-corrected chi connectivity index (χ2v) is 9.56. The molecule has 0 saturated heterocycles. The zero-order valence-corrected chi connectivity index (χ0v) is 22.8. The molecule has 214 valence electrons. The van der Waals surface area contributed by atoms with Gasteiger partial charge in [0.25, 0.3) is 5.69 Å². The Morgan fingerprint density at radius 3 is 2.45 bits per heavy atom. The van der Waals surface area contributed by atoms with E-state index in [0.29, 0.717) is 35.7 Å². The number of carboxylic acid groups (broad SMARTS) is 1. The zero-order chi connectivity index (χ0) is 29.2. The number of hydrogen-bond donors (Lipinski definition) is 4. The number of benzene rings is 2. The largest absolute Gasteiger partial charge is 0.494 e. The van der Waals surface area contributed by atoms with Crippen LogP contribution in [0, 0.1) is 10.1 Å². The molecule has 3 rings (SSSR count). The van der Waals surface area contributed by atoms with Gasteiger partial charge in [0.1, 0.15) is 5.75 Å². The molecular formula is C29H35N3O8. The number of aliphatic hydroxyl groups excluding tert-OH is 1. The van der Waals surface area contributed by atoms with Gasteiger partial charge >= 0.3 is 11.9 Å². The molecule has 1 aliphatic heterocycles. The van der Waals surface area contributed by atoms with Gasteiger partial charge < -0.3 is 30.3 Å². The van der Waals surface area contributed by atoms with Gasteiger partial charge in [-0.1, -0.05) is 24.3 Å². The first-order chi connectivity index (χ1) is 19.1. The average molecular weight is 554 g/mol. The summed E-state index contributed by atoms with van der Waals surface area (Å²) < 4.78 is 11.3. The van der Waals surface area contributed by atoms with E-state index in [1.165, 1.54) is 18.2 Å². The van der Waals surface area contributed by atoms with Crippen molar-refractivity contribution in [2.45, 2.75) is 45.6 Å². The molecule has 1 aliphatic rings. The molecule has 2 aromatic carbocycles. The molecule has 0 aromatic heterocycles. The SMILES string of the molecule is CC1=C(C(=O)O)C(c2cccc([N+](=O)[O-])c2)C(C(=O)OCCc2ccc(OCCCNC(C)CO)cc2)=C(C)N1. The smallest absolute Gasteiger partial charge is 0.336 e. The van der Waals surface area contributed by atoms with E-state index in [4.69, 9.17) is 14.6 Å². The molecule has 11 nitrogen and oxygen atoms in total. The third-order valence-corrected chi connectivity index (χ3v) is 6.53. The Balaban J connectivity index is 1.64. The maximum atomic E-state index is 13.3. The minimum absolute atomic E-state index is 0.0495. The summed E-state index contributed by atoms with van der Waals surface area (Å²) in [6.07, 6.45) is 1.22. The van der Waals surface area contributed by atoms with Crippen LogP contribution in [-0.2, 0) is 20.7 Å². The predicted molar refractivity (Wildman–Crippen MR) is 148 cm³/mol. The molecule has 2 aromatic rings. The number of ether oxygens (including phenoxy) is 2. The third kappa shape index (κ3) is 7.90. The third-order valence-electron chi connectivity index (χ3n) is 6.53.